The van der Waals surface area contributed by atoms with Crippen molar-refractivity contribution >= 4 is 22.8 Å². The molecule has 3 heterocycles. The SMILES string of the molecule is C=C(CO)C(=O)N1CCCC(n2nc(-c3ccc(Oc4ccccc4)cc3)c3c(N)ncnc32)C1. The minimum Gasteiger partial charge on any atom is -0.457 e. The van der Waals surface area contributed by atoms with Crippen molar-refractivity contribution < 1.29 is 14.6 Å². The molecular formula is C26H26N6O3. The van der Waals surface area contributed by atoms with Crippen LogP contribution in [-0.2, 0) is 4.79 Å². The number of aromatic nitrogens is 4. The van der Waals surface area contributed by atoms with Gasteiger partial charge in [0.2, 0.25) is 0 Å². The predicted molar refractivity (Wildman–Crippen MR) is 133 cm³/mol. The topological polar surface area (TPSA) is 119 Å². The second kappa shape index (κ2) is 9.55. The van der Waals surface area contributed by atoms with Gasteiger partial charge in [-0.1, -0.05) is 24.8 Å². The zero-order valence-corrected chi connectivity index (χ0v) is 19.2. The molecule has 0 aliphatic carbocycles. The maximum atomic E-state index is 12.6. The molecule has 9 nitrogen and oxygen atoms in total. The Morgan fingerprint density at radius 3 is 2.60 bits per heavy atom. The first kappa shape index (κ1) is 22.5. The van der Waals surface area contributed by atoms with Crippen molar-refractivity contribution in [1.29, 1.82) is 0 Å². The van der Waals surface area contributed by atoms with E-state index in [1.165, 1.54) is 6.33 Å². The lowest BCUT2D eigenvalue weighted by molar-refractivity contribution is -0.129. The van der Waals surface area contributed by atoms with Crippen molar-refractivity contribution in [3.8, 4) is 22.8 Å². The number of piperidine rings is 1. The number of para-hydroxylation sites is 1. The molecule has 2 aromatic heterocycles. The molecule has 178 valence electrons. The Morgan fingerprint density at radius 2 is 1.86 bits per heavy atom. The number of amides is 1. The first-order valence-electron chi connectivity index (χ1n) is 11.4. The van der Waals surface area contributed by atoms with Crippen LogP contribution in [0.1, 0.15) is 18.9 Å². The molecule has 3 N–H and O–H groups in total. The van der Waals surface area contributed by atoms with E-state index in [0.29, 0.717) is 41.4 Å². The lowest BCUT2D eigenvalue weighted by atomic mass is 10.0. The number of carbonyl (C=O) groups is 1. The number of aliphatic hydroxyl groups excluding tert-OH is 1. The summed E-state index contributed by atoms with van der Waals surface area (Å²) in [5.41, 5.74) is 8.60. The first-order valence-corrected chi connectivity index (χ1v) is 11.4. The largest absolute Gasteiger partial charge is 0.457 e. The summed E-state index contributed by atoms with van der Waals surface area (Å²) in [5.74, 6) is 1.57. The molecule has 9 heteroatoms. The van der Waals surface area contributed by atoms with Crippen LogP contribution in [0.3, 0.4) is 0 Å². The molecule has 2 aromatic carbocycles. The zero-order valence-electron chi connectivity index (χ0n) is 19.2. The molecule has 1 amide bonds. The van der Waals surface area contributed by atoms with Crippen molar-refractivity contribution in [2.75, 3.05) is 25.4 Å². The highest BCUT2D eigenvalue weighted by atomic mass is 16.5. The molecule has 35 heavy (non-hydrogen) atoms. The smallest absolute Gasteiger partial charge is 0.251 e. The van der Waals surface area contributed by atoms with E-state index >= 15 is 0 Å². The lowest BCUT2D eigenvalue weighted by Crippen LogP contribution is -2.42. The van der Waals surface area contributed by atoms with Crippen LogP contribution in [0.4, 0.5) is 5.82 Å². The van der Waals surface area contributed by atoms with E-state index in [0.717, 1.165) is 24.2 Å². The molecule has 1 saturated heterocycles. The van der Waals surface area contributed by atoms with Gasteiger partial charge in [0.05, 0.1) is 18.0 Å². The Balaban J connectivity index is 1.48. The van der Waals surface area contributed by atoms with Crippen LogP contribution in [0, 0.1) is 0 Å². The Labute approximate surface area is 202 Å². The highest BCUT2D eigenvalue weighted by Crippen LogP contribution is 2.35. The number of hydrogen-bond acceptors (Lipinski definition) is 7. The van der Waals surface area contributed by atoms with Gasteiger partial charge >= 0.3 is 0 Å². The van der Waals surface area contributed by atoms with Crippen LogP contribution in [0.25, 0.3) is 22.3 Å². The number of anilines is 1. The summed E-state index contributed by atoms with van der Waals surface area (Å²) in [7, 11) is 0. The molecule has 1 fully saturated rings. The zero-order chi connectivity index (χ0) is 24.4. The number of aliphatic hydroxyl groups is 1. The standard InChI is InChI=1S/C26H26N6O3/c1-17(15-33)26(34)31-13-5-6-19(14-31)32-25-22(24(27)28-16-29-25)23(30-32)18-9-11-21(12-10-18)35-20-7-3-2-4-8-20/h2-4,7-12,16,19,33H,1,5-6,13-15H2,(H2,27,28,29). The van der Waals surface area contributed by atoms with Crippen LogP contribution in [0.15, 0.2) is 73.1 Å². The maximum absolute atomic E-state index is 12.6. The van der Waals surface area contributed by atoms with E-state index in [2.05, 4.69) is 16.5 Å². The van der Waals surface area contributed by atoms with E-state index in [4.69, 9.17) is 15.6 Å². The fourth-order valence-corrected chi connectivity index (χ4v) is 4.39. The number of ether oxygens (including phenoxy) is 1. The van der Waals surface area contributed by atoms with Gasteiger partial charge in [-0.2, -0.15) is 5.10 Å². The summed E-state index contributed by atoms with van der Waals surface area (Å²) in [6, 6.07) is 17.1. The monoisotopic (exact) mass is 470 g/mol. The molecule has 0 saturated carbocycles. The molecule has 4 aromatic rings. The van der Waals surface area contributed by atoms with Gasteiger partial charge in [-0.25, -0.2) is 14.6 Å². The van der Waals surface area contributed by atoms with E-state index in [1.54, 1.807) is 4.90 Å². The van der Waals surface area contributed by atoms with Crippen molar-refractivity contribution in [2.24, 2.45) is 0 Å². The Bertz CT molecular complexity index is 1370. The third kappa shape index (κ3) is 4.45. The number of fused-ring (bicyclic) bond motifs is 1. The quantitative estimate of drug-likeness (QED) is 0.413. The Morgan fingerprint density at radius 1 is 1.11 bits per heavy atom. The summed E-state index contributed by atoms with van der Waals surface area (Å²) in [6.07, 6.45) is 3.06. The third-order valence-corrected chi connectivity index (χ3v) is 6.15. The summed E-state index contributed by atoms with van der Waals surface area (Å²) in [6.45, 7) is 4.37. The Kier molecular flexibility index (Phi) is 6.15. The number of nitrogen functional groups attached to an aromatic ring is 1. The summed E-state index contributed by atoms with van der Waals surface area (Å²) in [4.78, 5) is 23.0. The van der Waals surface area contributed by atoms with Crippen molar-refractivity contribution in [1.82, 2.24) is 24.6 Å². The fraction of sp³-hybridized carbons (Fsp3) is 0.231. The normalized spacial score (nSPS) is 15.8. The second-order valence-electron chi connectivity index (χ2n) is 8.50. The van der Waals surface area contributed by atoms with Gasteiger partial charge < -0.3 is 20.5 Å². The van der Waals surface area contributed by atoms with Gasteiger partial charge in [0.1, 0.15) is 29.3 Å². The Hall–Kier alpha value is -4.24. The van der Waals surface area contributed by atoms with Crippen LogP contribution in [-0.4, -0.2) is 55.4 Å². The molecule has 1 atom stereocenters. The van der Waals surface area contributed by atoms with Crippen LogP contribution >= 0.6 is 0 Å². The lowest BCUT2D eigenvalue weighted by Gasteiger charge is -2.33. The van der Waals surface area contributed by atoms with E-state index in [-0.39, 0.29) is 24.1 Å². The average Bonchev–Trinajstić information content (AvgIpc) is 3.30. The number of benzene rings is 2. The van der Waals surface area contributed by atoms with Crippen LogP contribution in [0.5, 0.6) is 11.5 Å². The number of hydrogen-bond donors (Lipinski definition) is 2. The van der Waals surface area contributed by atoms with Gasteiger partial charge in [0.25, 0.3) is 5.91 Å². The number of nitrogens with two attached hydrogens (primary N) is 1. The van der Waals surface area contributed by atoms with E-state index < -0.39 is 0 Å². The molecular weight excluding hydrogens is 444 g/mol. The van der Waals surface area contributed by atoms with Crippen molar-refractivity contribution in [3.63, 3.8) is 0 Å². The van der Waals surface area contributed by atoms with Crippen molar-refractivity contribution in [2.45, 2.75) is 18.9 Å². The molecule has 0 bridgehead atoms. The summed E-state index contributed by atoms with van der Waals surface area (Å²) < 4.78 is 7.75. The molecule has 1 aliphatic rings. The van der Waals surface area contributed by atoms with Gasteiger partial charge in [-0.05, 0) is 49.2 Å². The maximum Gasteiger partial charge on any atom is 0.251 e. The molecule has 0 radical (unpaired) electrons. The average molecular weight is 471 g/mol. The fourth-order valence-electron chi connectivity index (χ4n) is 4.39. The first-order chi connectivity index (χ1) is 17.0. The summed E-state index contributed by atoms with van der Waals surface area (Å²) in [5, 5.41) is 14.9. The van der Waals surface area contributed by atoms with Gasteiger partial charge in [0.15, 0.2) is 5.65 Å². The van der Waals surface area contributed by atoms with E-state index in [1.807, 2.05) is 59.3 Å². The molecule has 5 rings (SSSR count). The van der Waals surface area contributed by atoms with Gasteiger partial charge in [-0.3, -0.25) is 4.79 Å². The van der Waals surface area contributed by atoms with Gasteiger partial charge in [-0.15, -0.1) is 0 Å². The van der Waals surface area contributed by atoms with E-state index in [9.17, 15) is 9.90 Å². The minimum atomic E-state index is -0.359. The number of carbonyl (C=O) groups excluding carboxylic acids is 1. The number of rotatable bonds is 6. The highest BCUT2D eigenvalue weighted by Gasteiger charge is 2.29. The van der Waals surface area contributed by atoms with Gasteiger partial charge in [0, 0.05) is 24.2 Å². The second-order valence-corrected chi connectivity index (χ2v) is 8.50. The molecule has 1 aliphatic heterocycles. The van der Waals surface area contributed by atoms with Crippen LogP contribution in [0.2, 0.25) is 0 Å². The van der Waals surface area contributed by atoms with Crippen LogP contribution < -0.4 is 10.5 Å². The number of likely N-dealkylation sites (tertiary alicyclic amines) is 1. The minimum absolute atomic E-state index is 0.0922. The van der Waals surface area contributed by atoms with Crippen molar-refractivity contribution in [3.05, 3.63) is 73.1 Å². The summed E-state index contributed by atoms with van der Waals surface area (Å²) >= 11 is 0. The molecule has 1 unspecified atom stereocenters. The third-order valence-electron chi connectivity index (χ3n) is 6.15. The highest BCUT2D eigenvalue weighted by molar-refractivity contribution is 5.98. The molecule has 0 spiro atoms. The predicted octanol–water partition coefficient (Wildman–Crippen LogP) is 3.58. The number of nitrogens with zero attached hydrogens (tertiary/aromatic N) is 5.